The average Bonchev–Trinajstić information content (AvgIpc) is 3.14. The number of nitrogens with zero attached hydrogens (tertiary/aromatic N) is 1. The van der Waals surface area contributed by atoms with Crippen LogP contribution >= 0.6 is 0 Å². The Labute approximate surface area is 101 Å². The van der Waals surface area contributed by atoms with E-state index in [0.29, 0.717) is 25.3 Å². The highest BCUT2D eigenvalue weighted by molar-refractivity contribution is 5.95. The topological polar surface area (TPSA) is 40.5 Å². The van der Waals surface area contributed by atoms with E-state index in [-0.39, 0.29) is 5.91 Å². The van der Waals surface area contributed by atoms with Gasteiger partial charge in [-0.3, -0.25) is 4.79 Å². The number of anilines is 1. The number of carbonyl (C=O) groups is 1. The Bertz CT molecular complexity index is 440. The first-order valence-corrected chi connectivity index (χ1v) is 6.33. The molecule has 1 fully saturated rings. The van der Waals surface area contributed by atoms with Crippen molar-refractivity contribution in [3.8, 4) is 0 Å². The van der Waals surface area contributed by atoms with Gasteiger partial charge in [0.15, 0.2) is 0 Å². The molecule has 3 rings (SSSR count). The van der Waals surface area contributed by atoms with Crippen LogP contribution in [0.15, 0.2) is 24.3 Å². The summed E-state index contributed by atoms with van der Waals surface area (Å²) in [5.74, 6) is 0.827. The number of benzene rings is 1. The van der Waals surface area contributed by atoms with E-state index in [0.717, 1.165) is 11.3 Å². The molecule has 1 aromatic carbocycles. The van der Waals surface area contributed by atoms with Crippen LogP contribution in [0.5, 0.6) is 0 Å². The summed E-state index contributed by atoms with van der Waals surface area (Å²) in [6.07, 6.45) is 3.29. The number of hydrogen-bond acceptors (Lipinski definition) is 2. The Kier molecular flexibility index (Phi) is 2.63. The minimum atomic E-state index is -0.420. The summed E-state index contributed by atoms with van der Waals surface area (Å²) in [5.41, 5.74) is 1.79. The molecule has 1 amide bonds. The van der Waals surface area contributed by atoms with Crippen LogP contribution in [0.25, 0.3) is 0 Å². The molecular weight excluding hydrogens is 214 g/mol. The smallest absolute Gasteiger partial charge is 0.227 e. The van der Waals surface area contributed by atoms with Gasteiger partial charge in [0.25, 0.3) is 0 Å². The van der Waals surface area contributed by atoms with E-state index in [1.807, 2.05) is 29.2 Å². The van der Waals surface area contributed by atoms with E-state index in [1.165, 1.54) is 12.8 Å². The third kappa shape index (κ3) is 2.07. The standard InChI is InChI=1S/C14H17NO2/c16-13-7-8-15(14(17)9-10-5-6-10)12-4-2-1-3-11(12)13/h1-4,10,13,16H,5-9H2. The predicted molar refractivity (Wildman–Crippen MR) is 65.7 cm³/mol. The molecule has 90 valence electrons. The summed E-state index contributed by atoms with van der Waals surface area (Å²) >= 11 is 0. The average molecular weight is 231 g/mol. The summed E-state index contributed by atoms with van der Waals surface area (Å²) in [6, 6.07) is 7.68. The number of para-hydroxylation sites is 1. The number of rotatable bonds is 2. The molecule has 3 nitrogen and oxygen atoms in total. The fourth-order valence-electron chi connectivity index (χ4n) is 2.48. The Morgan fingerprint density at radius 3 is 2.82 bits per heavy atom. The Morgan fingerprint density at radius 1 is 1.29 bits per heavy atom. The van der Waals surface area contributed by atoms with E-state index < -0.39 is 6.10 Å². The molecule has 3 heteroatoms. The molecule has 0 saturated heterocycles. The molecule has 0 bridgehead atoms. The van der Waals surface area contributed by atoms with Crippen LogP contribution in [0.4, 0.5) is 5.69 Å². The summed E-state index contributed by atoms with van der Waals surface area (Å²) in [5, 5.41) is 9.92. The maximum atomic E-state index is 12.2. The molecule has 1 heterocycles. The van der Waals surface area contributed by atoms with Crippen molar-refractivity contribution in [2.45, 2.75) is 31.8 Å². The lowest BCUT2D eigenvalue weighted by Crippen LogP contribution is -2.36. The molecule has 0 spiro atoms. The fourth-order valence-corrected chi connectivity index (χ4v) is 2.48. The third-order valence-electron chi connectivity index (χ3n) is 3.67. The first-order valence-electron chi connectivity index (χ1n) is 6.33. The molecule has 1 aromatic rings. The molecule has 0 radical (unpaired) electrons. The zero-order chi connectivity index (χ0) is 11.8. The van der Waals surface area contributed by atoms with Crippen LogP contribution in [0.1, 0.15) is 37.4 Å². The number of carbonyl (C=O) groups excluding carboxylic acids is 1. The van der Waals surface area contributed by atoms with Crippen LogP contribution < -0.4 is 4.90 Å². The van der Waals surface area contributed by atoms with Gasteiger partial charge in [-0.25, -0.2) is 0 Å². The van der Waals surface area contributed by atoms with Crippen LogP contribution in [0.2, 0.25) is 0 Å². The zero-order valence-electron chi connectivity index (χ0n) is 9.80. The van der Waals surface area contributed by atoms with Crippen molar-refractivity contribution in [1.29, 1.82) is 0 Å². The van der Waals surface area contributed by atoms with Gasteiger partial charge in [0, 0.05) is 24.2 Å². The maximum absolute atomic E-state index is 12.2. The van der Waals surface area contributed by atoms with Gasteiger partial charge < -0.3 is 10.0 Å². The monoisotopic (exact) mass is 231 g/mol. The number of aliphatic hydroxyl groups excluding tert-OH is 1. The predicted octanol–water partition coefficient (Wildman–Crippen LogP) is 2.26. The first kappa shape index (κ1) is 10.8. The number of amides is 1. The van der Waals surface area contributed by atoms with Crippen LogP contribution in [-0.2, 0) is 4.79 Å². The third-order valence-corrected chi connectivity index (χ3v) is 3.67. The Balaban J connectivity index is 1.86. The van der Waals surface area contributed by atoms with Crippen molar-refractivity contribution < 1.29 is 9.90 Å². The largest absolute Gasteiger partial charge is 0.388 e. The van der Waals surface area contributed by atoms with E-state index in [1.54, 1.807) is 0 Å². The van der Waals surface area contributed by atoms with Gasteiger partial charge >= 0.3 is 0 Å². The number of hydrogen-bond donors (Lipinski definition) is 1. The van der Waals surface area contributed by atoms with Gasteiger partial charge in [-0.2, -0.15) is 0 Å². The van der Waals surface area contributed by atoms with Crippen molar-refractivity contribution in [1.82, 2.24) is 0 Å². The van der Waals surface area contributed by atoms with Crippen LogP contribution in [0, 0.1) is 5.92 Å². The minimum Gasteiger partial charge on any atom is -0.388 e. The zero-order valence-corrected chi connectivity index (χ0v) is 9.80. The Hall–Kier alpha value is -1.35. The first-order chi connectivity index (χ1) is 8.25. The molecule has 17 heavy (non-hydrogen) atoms. The molecule has 1 unspecified atom stereocenters. The van der Waals surface area contributed by atoms with E-state index >= 15 is 0 Å². The highest BCUT2D eigenvalue weighted by Crippen LogP contribution is 2.37. The van der Waals surface area contributed by atoms with Crippen molar-refractivity contribution in [2.75, 3.05) is 11.4 Å². The van der Waals surface area contributed by atoms with Crippen molar-refractivity contribution in [3.63, 3.8) is 0 Å². The molecule has 1 aliphatic carbocycles. The molecular formula is C14H17NO2. The molecule has 0 aromatic heterocycles. The van der Waals surface area contributed by atoms with Gasteiger partial charge in [0.1, 0.15) is 0 Å². The second-order valence-corrected chi connectivity index (χ2v) is 5.06. The molecule has 1 saturated carbocycles. The SMILES string of the molecule is O=C(CC1CC1)N1CCC(O)c2ccccc21. The van der Waals surface area contributed by atoms with Crippen LogP contribution in [0.3, 0.4) is 0 Å². The van der Waals surface area contributed by atoms with Gasteiger partial charge in [-0.1, -0.05) is 18.2 Å². The van der Waals surface area contributed by atoms with Gasteiger partial charge in [0.05, 0.1) is 6.10 Å². The fraction of sp³-hybridized carbons (Fsp3) is 0.500. The molecule has 1 N–H and O–H groups in total. The summed E-state index contributed by atoms with van der Waals surface area (Å²) in [7, 11) is 0. The molecule has 2 aliphatic rings. The van der Waals surface area contributed by atoms with E-state index in [9.17, 15) is 9.90 Å². The lowest BCUT2D eigenvalue weighted by Gasteiger charge is -2.32. The lowest BCUT2D eigenvalue weighted by molar-refractivity contribution is -0.119. The normalized spacial score (nSPS) is 23.4. The number of aliphatic hydroxyl groups is 1. The van der Waals surface area contributed by atoms with Crippen molar-refractivity contribution in [3.05, 3.63) is 29.8 Å². The quantitative estimate of drug-likeness (QED) is 0.848. The highest BCUT2D eigenvalue weighted by atomic mass is 16.3. The van der Waals surface area contributed by atoms with Crippen LogP contribution in [-0.4, -0.2) is 17.6 Å². The second kappa shape index (κ2) is 4.15. The second-order valence-electron chi connectivity index (χ2n) is 5.06. The molecule has 1 atom stereocenters. The van der Waals surface area contributed by atoms with E-state index in [2.05, 4.69) is 0 Å². The summed E-state index contributed by atoms with van der Waals surface area (Å²) in [6.45, 7) is 0.643. The van der Waals surface area contributed by atoms with E-state index in [4.69, 9.17) is 0 Å². The number of fused-ring (bicyclic) bond motifs is 1. The summed E-state index contributed by atoms with van der Waals surface area (Å²) in [4.78, 5) is 14.0. The van der Waals surface area contributed by atoms with Crippen molar-refractivity contribution in [2.24, 2.45) is 5.92 Å². The van der Waals surface area contributed by atoms with Gasteiger partial charge in [0.2, 0.25) is 5.91 Å². The molecule has 1 aliphatic heterocycles. The lowest BCUT2D eigenvalue weighted by atomic mass is 9.98. The minimum absolute atomic E-state index is 0.215. The van der Waals surface area contributed by atoms with Crippen molar-refractivity contribution >= 4 is 11.6 Å². The van der Waals surface area contributed by atoms with Gasteiger partial charge in [-0.05, 0) is 31.2 Å². The Morgan fingerprint density at radius 2 is 2.06 bits per heavy atom. The highest BCUT2D eigenvalue weighted by Gasteiger charge is 2.31. The summed E-state index contributed by atoms with van der Waals surface area (Å²) < 4.78 is 0. The maximum Gasteiger partial charge on any atom is 0.227 e. The van der Waals surface area contributed by atoms with Gasteiger partial charge in [-0.15, -0.1) is 0 Å².